The summed E-state index contributed by atoms with van der Waals surface area (Å²) in [5.74, 6) is 0.503. The average Bonchev–Trinajstić information content (AvgIpc) is 3.24. The van der Waals surface area contributed by atoms with Gasteiger partial charge in [-0.15, -0.1) is 0 Å². The first-order chi connectivity index (χ1) is 12.5. The van der Waals surface area contributed by atoms with Crippen molar-refractivity contribution in [2.45, 2.75) is 58.5 Å². The average molecular weight is 357 g/mol. The highest BCUT2D eigenvalue weighted by atomic mass is 16.3. The highest BCUT2D eigenvalue weighted by Crippen LogP contribution is 2.18. The maximum absolute atomic E-state index is 12.5. The summed E-state index contributed by atoms with van der Waals surface area (Å²) in [7, 11) is 0. The van der Waals surface area contributed by atoms with Crippen molar-refractivity contribution in [2.75, 3.05) is 6.54 Å². The predicted octanol–water partition coefficient (Wildman–Crippen LogP) is 2.92. The van der Waals surface area contributed by atoms with E-state index in [1.54, 1.807) is 6.26 Å². The second kappa shape index (κ2) is 8.25. The number of hydrogen-bond donors (Lipinski definition) is 2. The molecule has 6 nitrogen and oxygen atoms in total. The number of aromatic nitrogens is 1. The van der Waals surface area contributed by atoms with Crippen LogP contribution in [0.1, 0.15) is 59.6 Å². The van der Waals surface area contributed by atoms with Gasteiger partial charge in [0.05, 0.1) is 24.9 Å². The van der Waals surface area contributed by atoms with E-state index in [0.717, 1.165) is 30.0 Å². The molecular weight excluding hydrogens is 330 g/mol. The molecule has 140 valence electrons. The molecule has 0 atom stereocenters. The van der Waals surface area contributed by atoms with Crippen LogP contribution in [0.15, 0.2) is 28.9 Å². The van der Waals surface area contributed by atoms with Crippen molar-refractivity contribution >= 4 is 11.8 Å². The van der Waals surface area contributed by atoms with Gasteiger partial charge in [0, 0.05) is 17.4 Å². The van der Waals surface area contributed by atoms with Crippen LogP contribution < -0.4 is 10.6 Å². The van der Waals surface area contributed by atoms with Crippen LogP contribution in [-0.4, -0.2) is 29.0 Å². The lowest BCUT2D eigenvalue weighted by atomic mass is 9.95. The predicted molar refractivity (Wildman–Crippen MR) is 99.1 cm³/mol. The smallest absolute Gasteiger partial charge is 0.253 e. The van der Waals surface area contributed by atoms with Gasteiger partial charge in [0.2, 0.25) is 5.91 Å². The maximum Gasteiger partial charge on any atom is 0.253 e. The minimum atomic E-state index is -0.220. The lowest BCUT2D eigenvalue weighted by molar-refractivity contribution is -0.121. The lowest BCUT2D eigenvalue weighted by Gasteiger charge is -2.22. The topological polar surface area (TPSA) is 76.3 Å². The van der Waals surface area contributed by atoms with Gasteiger partial charge in [0.1, 0.15) is 5.76 Å². The maximum atomic E-state index is 12.5. The third kappa shape index (κ3) is 4.36. The molecule has 2 heterocycles. The Balaban J connectivity index is 1.56. The molecule has 2 amide bonds. The minimum Gasteiger partial charge on any atom is -0.467 e. The van der Waals surface area contributed by atoms with Crippen molar-refractivity contribution in [1.29, 1.82) is 0 Å². The zero-order valence-electron chi connectivity index (χ0n) is 15.5. The molecule has 26 heavy (non-hydrogen) atoms. The Labute approximate surface area is 153 Å². The molecule has 6 heteroatoms. The van der Waals surface area contributed by atoms with Crippen LogP contribution in [-0.2, 0) is 11.3 Å². The summed E-state index contributed by atoms with van der Waals surface area (Å²) in [6.45, 7) is 4.47. The van der Waals surface area contributed by atoms with Gasteiger partial charge >= 0.3 is 0 Å². The summed E-state index contributed by atoms with van der Waals surface area (Å²) in [5, 5.41) is 5.76. The molecule has 0 bridgehead atoms. The van der Waals surface area contributed by atoms with E-state index in [9.17, 15) is 9.59 Å². The van der Waals surface area contributed by atoms with Crippen molar-refractivity contribution in [1.82, 2.24) is 15.2 Å². The van der Waals surface area contributed by atoms with E-state index in [0.29, 0.717) is 12.1 Å². The quantitative estimate of drug-likeness (QED) is 0.834. The Morgan fingerprint density at radius 1 is 1.23 bits per heavy atom. The normalized spacial score (nSPS) is 15.0. The summed E-state index contributed by atoms with van der Waals surface area (Å²) >= 11 is 0. The number of furan rings is 1. The molecule has 1 aliphatic carbocycles. The fourth-order valence-corrected chi connectivity index (χ4v) is 3.61. The Hall–Kier alpha value is -2.50. The van der Waals surface area contributed by atoms with Crippen molar-refractivity contribution < 1.29 is 14.0 Å². The van der Waals surface area contributed by atoms with Crippen LogP contribution in [0, 0.1) is 13.8 Å². The van der Waals surface area contributed by atoms with Gasteiger partial charge in [-0.25, -0.2) is 0 Å². The van der Waals surface area contributed by atoms with Crippen LogP contribution in [0.25, 0.3) is 0 Å². The van der Waals surface area contributed by atoms with Crippen LogP contribution in [0.2, 0.25) is 0 Å². The zero-order chi connectivity index (χ0) is 18.5. The van der Waals surface area contributed by atoms with Gasteiger partial charge in [-0.2, -0.15) is 0 Å². The van der Waals surface area contributed by atoms with E-state index in [1.165, 1.54) is 19.3 Å². The van der Waals surface area contributed by atoms with Gasteiger partial charge < -0.3 is 19.6 Å². The Morgan fingerprint density at radius 3 is 2.69 bits per heavy atom. The number of carbonyl (C=O) groups is 2. The molecule has 1 fully saturated rings. The highest BCUT2D eigenvalue weighted by molar-refractivity contribution is 5.97. The molecule has 1 aliphatic rings. The van der Waals surface area contributed by atoms with Crippen LogP contribution in [0.3, 0.4) is 0 Å². The van der Waals surface area contributed by atoms with Crippen molar-refractivity contribution in [3.05, 3.63) is 47.2 Å². The van der Waals surface area contributed by atoms with E-state index in [4.69, 9.17) is 4.42 Å². The fraction of sp³-hybridized carbons (Fsp3) is 0.500. The van der Waals surface area contributed by atoms with Crippen molar-refractivity contribution in [2.24, 2.45) is 0 Å². The molecule has 0 saturated heterocycles. The SMILES string of the molecule is Cc1cc(C(=O)NCC(=O)NC2CCCCC2)c(C)n1Cc1ccco1. The first-order valence-electron chi connectivity index (χ1n) is 9.31. The van der Waals surface area contributed by atoms with Crippen LogP contribution in [0.5, 0.6) is 0 Å². The number of nitrogens with one attached hydrogen (secondary N) is 2. The molecule has 2 aromatic rings. The largest absolute Gasteiger partial charge is 0.467 e. The molecule has 1 saturated carbocycles. The van der Waals surface area contributed by atoms with Crippen molar-refractivity contribution in [3.8, 4) is 0 Å². The summed E-state index contributed by atoms with van der Waals surface area (Å²) in [5.41, 5.74) is 2.44. The Morgan fingerprint density at radius 2 is 2.00 bits per heavy atom. The van der Waals surface area contributed by atoms with Crippen molar-refractivity contribution in [3.63, 3.8) is 0 Å². The van der Waals surface area contributed by atoms with Gasteiger partial charge in [-0.3, -0.25) is 9.59 Å². The molecule has 2 aromatic heterocycles. The third-order valence-corrected chi connectivity index (χ3v) is 5.09. The number of aryl methyl sites for hydroxylation is 1. The molecule has 2 N–H and O–H groups in total. The molecule has 0 aliphatic heterocycles. The van der Waals surface area contributed by atoms with E-state index in [2.05, 4.69) is 10.6 Å². The van der Waals surface area contributed by atoms with Crippen LogP contribution in [0.4, 0.5) is 0 Å². The Kier molecular flexibility index (Phi) is 5.81. The Bertz CT molecular complexity index is 756. The lowest BCUT2D eigenvalue weighted by Crippen LogP contribution is -2.42. The number of hydrogen-bond acceptors (Lipinski definition) is 3. The summed E-state index contributed by atoms with van der Waals surface area (Å²) in [6.07, 6.45) is 7.29. The van der Waals surface area contributed by atoms with E-state index >= 15 is 0 Å². The van der Waals surface area contributed by atoms with Gasteiger partial charge in [0.15, 0.2) is 0 Å². The molecule has 0 aromatic carbocycles. The highest BCUT2D eigenvalue weighted by Gasteiger charge is 2.19. The van der Waals surface area contributed by atoms with E-state index in [1.807, 2.05) is 36.6 Å². The van der Waals surface area contributed by atoms with Crippen LogP contribution >= 0.6 is 0 Å². The standard InChI is InChI=1S/C20H27N3O3/c1-14-11-18(15(2)23(14)13-17-9-6-10-26-17)20(25)21-12-19(24)22-16-7-4-3-5-8-16/h6,9-11,16H,3-5,7-8,12-13H2,1-2H3,(H,21,25)(H,22,24). The summed E-state index contributed by atoms with van der Waals surface area (Å²) < 4.78 is 7.43. The first kappa shape index (κ1) is 18.3. The second-order valence-electron chi connectivity index (χ2n) is 7.04. The molecule has 0 unspecified atom stereocenters. The number of carbonyl (C=O) groups excluding carboxylic acids is 2. The number of nitrogens with zero attached hydrogens (tertiary/aromatic N) is 1. The summed E-state index contributed by atoms with van der Waals surface area (Å²) in [4.78, 5) is 24.6. The van der Waals surface area contributed by atoms with E-state index in [-0.39, 0.29) is 24.4 Å². The number of amides is 2. The van der Waals surface area contributed by atoms with Gasteiger partial charge in [0.25, 0.3) is 5.91 Å². The molecular formula is C20H27N3O3. The van der Waals surface area contributed by atoms with Gasteiger partial charge in [-0.05, 0) is 44.9 Å². The minimum absolute atomic E-state index is 0.0111. The third-order valence-electron chi connectivity index (χ3n) is 5.09. The second-order valence-corrected chi connectivity index (χ2v) is 7.04. The molecule has 0 radical (unpaired) electrons. The summed E-state index contributed by atoms with van der Waals surface area (Å²) in [6, 6.07) is 5.87. The first-order valence-corrected chi connectivity index (χ1v) is 9.31. The number of rotatable bonds is 6. The fourth-order valence-electron chi connectivity index (χ4n) is 3.61. The zero-order valence-corrected chi connectivity index (χ0v) is 15.5. The molecule has 0 spiro atoms. The van der Waals surface area contributed by atoms with Gasteiger partial charge in [-0.1, -0.05) is 19.3 Å². The monoisotopic (exact) mass is 357 g/mol. The molecule has 3 rings (SSSR count). The van der Waals surface area contributed by atoms with E-state index < -0.39 is 0 Å².